The lowest BCUT2D eigenvalue weighted by molar-refractivity contribution is -0.118. The maximum Gasteiger partial charge on any atom is 0.241 e. The van der Waals surface area contributed by atoms with Crippen molar-refractivity contribution in [2.24, 2.45) is 0 Å². The Balaban J connectivity index is 2.05. The van der Waals surface area contributed by atoms with Gasteiger partial charge in [0.2, 0.25) is 5.91 Å². The van der Waals surface area contributed by atoms with Gasteiger partial charge in [-0.3, -0.25) is 4.79 Å². The molecule has 1 aliphatic rings. The number of piperidine rings is 1. The molecular weight excluding hydrogens is 233 g/mol. The monoisotopic (exact) mass is 247 g/mol. The van der Waals surface area contributed by atoms with Crippen molar-refractivity contribution in [1.29, 1.82) is 5.26 Å². The third-order valence-corrected chi connectivity index (χ3v) is 2.98. The van der Waals surface area contributed by atoms with Gasteiger partial charge in [-0.25, -0.2) is 4.39 Å². The summed E-state index contributed by atoms with van der Waals surface area (Å²) in [5.74, 6) is -0.712. The molecule has 1 aromatic carbocycles. The highest BCUT2D eigenvalue weighted by atomic mass is 19.1. The van der Waals surface area contributed by atoms with Gasteiger partial charge in [0, 0.05) is 5.69 Å². The molecule has 1 atom stereocenters. The van der Waals surface area contributed by atoms with E-state index in [2.05, 4.69) is 10.6 Å². The second-order valence-electron chi connectivity index (χ2n) is 4.30. The molecule has 0 aliphatic carbocycles. The van der Waals surface area contributed by atoms with Gasteiger partial charge in [-0.1, -0.05) is 6.42 Å². The number of amides is 1. The van der Waals surface area contributed by atoms with Crippen LogP contribution in [0.4, 0.5) is 10.1 Å². The van der Waals surface area contributed by atoms with Gasteiger partial charge < -0.3 is 10.6 Å². The summed E-state index contributed by atoms with van der Waals surface area (Å²) in [5.41, 5.74) is 0.384. The fraction of sp³-hybridized carbons (Fsp3) is 0.385. The van der Waals surface area contributed by atoms with Crippen LogP contribution in [0.2, 0.25) is 0 Å². The average Bonchev–Trinajstić information content (AvgIpc) is 2.42. The molecule has 1 saturated heterocycles. The minimum absolute atomic E-state index is 0.0654. The maximum atomic E-state index is 13.1. The molecule has 0 bridgehead atoms. The van der Waals surface area contributed by atoms with Gasteiger partial charge >= 0.3 is 0 Å². The van der Waals surface area contributed by atoms with Gasteiger partial charge in [-0.15, -0.1) is 0 Å². The summed E-state index contributed by atoms with van der Waals surface area (Å²) in [6.07, 6.45) is 2.91. The van der Waals surface area contributed by atoms with E-state index in [0.717, 1.165) is 25.8 Å². The predicted molar refractivity (Wildman–Crippen MR) is 65.4 cm³/mol. The lowest BCUT2D eigenvalue weighted by Crippen LogP contribution is -2.43. The molecule has 0 aromatic heterocycles. The van der Waals surface area contributed by atoms with Crippen molar-refractivity contribution in [2.45, 2.75) is 25.3 Å². The number of hydrogen-bond donors (Lipinski definition) is 2. The highest BCUT2D eigenvalue weighted by Crippen LogP contribution is 2.15. The van der Waals surface area contributed by atoms with Crippen molar-refractivity contribution in [1.82, 2.24) is 5.32 Å². The van der Waals surface area contributed by atoms with E-state index in [1.54, 1.807) is 6.07 Å². The maximum absolute atomic E-state index is 13.1. The lowest BCUT2D eigenvalue weighted by Gasteiger charge is -2.22. The Morgan fingerprint density at radius 3 is 3.00 bits per heavy atom. The molecule has 1 fully saturated rings. The van der Waals surface area contributed by atoms with Gasteiger partial charge in [0.25, 0.3) is 0 Å². The zero-order valence-electron chi connectivity index (χ0n) is 9.87. The Morgan fingerprint density at radius 2 is 2.33 bits per heavy atom. The molecule has 5 heteroatoms. The molecule has 1 aliphatic heterocycles. The molecule has 2 N–H and O–H groups in total. The molecule has 0 radical (unpaired) electrons. The van der Waals surface area contributed by atoms with Crippen LogP contribution in [0.15, 0.2) is 18.2 Å². The lowest BCUT2D eigenvalue weighted by atomic mass is 10.0. The summed E-state index contributed by atoms with van der Waals surface area (Å²) in [7, 11) is 0. The standard InChI is InChI=1S/C13H14FN3O/c14-11-5-4-10(7-9(11)8-15)17-13(18)12-3-1-2-6-16-12/h4-5,7,12,16H,1-3,6H2,(H,17,18)/t12-/m1/s1. The first-order chi connectivity index (χ1) is 8.70. The van der Waals surface area contributed by atoms with Crippen molar-refractivity contribution < 1.29 is 9.18 Å². The van der Waals surface area contributed by atoms with E-state index in [1.807, 2.05) is 0 Å². The molecule has 2 rings (SSSR count). The van der Waals surface area contributed by atoms with Gasteiger partial charge in [0.15, 0.2) is 0 Å². The molecule has 1 heterocycles. The van der Waals surface area contributed by atoms with Crippen molar-refractivity contribution >= 4 is 11.6 Å². The zero-order chi connectivity index (χ0) is 13.0. The fourth-order valence-corrected chi connectivity index (χ4v) is 1.99. The molecule has 4 nitrogen and oxygen atoms in total. The summed E-state index contributed by atoms with van der Waals surface area (Å²) < 4.78 is 13.1. The molecule has 18 heavy (non-hydrogen) atoms. The topological polar surface area (TPSA) is 64.9 Å². The van der Waals surface area contributed by atoms with E-state index >= 15 is 0 Å². The molecule has 0 unspecified atom stereocenters. The Hall–Kier alpha value is -1.93. The van der Waals surface area contributed by atoms with Crippen molar-refractivity contribution in [3.8, 4) is 6.07 Å². The van der Waals surface area contributed by atoms with E-state index in [-0.39, 0.29) is 17.5 Å². The van der Waals surface area contributed by atoms with Gasteiger partial charge in [-0.2, -0.15) is 5.26 Å². The Kier molecular flexibility index (Phi) is 3.90. The number of halogens is 1. The van der Waals surface area contributed by atoms with E-state index in [9.17, 15) is 9.18 Å². The minimum Gasteiger partial charge on any atom is -0.325 e. The van der Waals surface area contributed by atoms with Crippen LogP contribution in [-0.4, -0.2) is 18.5 Å². The van der Waals surface area contributed by atoms with Crippen LogP contribution >= 0.6 is 0 Å². The number of nitrogens with zero attached hydrogens (tertiary/aromatic N) is 1. The number of nitrogens with one attached hydrogen (secondary N) is 2. The van der Waals surface area contributed by atoms with E-state index in [4.69, 9.17) is 5.26 Å². The summed E-state index contributed by atoms with van der Waals surface area (Å²) in [5, 5.41) is 14.5. The number of benzene rings is 1. The smallest absolute Gasteiger partial charge is 0.241 e. The zero-order valence-corrected chi connectivity index (χ0v) is 9.87. The first kappa shape index (κ1) is 12.5. The van der Waals surface area contributed by atoms with Crippen molar-refractivity contribution in [2.75, 3.05) is 11.9 Å². The fourth-order valence-electron chi connectivity index (χ4n) is 1.99. The van der Waals surface area contributed by atoms with E-state index in [1.165, 1.54) is 18.2 Å². The van der Waals surface area contributed by atoms with Crippen LogP contribution < -0.4 is 10.6 Å². The van der Waals surface area contributed by atoms with Gasteiger partial charge in [0.05, 0.1) is 11.6 Å². The van der Waals surface area contributed by atoms with Crippen LogP contribution in [0.3, 0.4) is 0 Å². The predicted octanol–water partition coefficient (Wildman–Crippen LogP) is 1.78. The first-order valence-electron chi connectivity index (χ1n) is 5.94. The summed E-state index contributed by atoms with van der Waals surface area (Å²) in [4.78, 5) is 11.9. The Bertz CT molecular complexity index is 489. The molecule has 94 valence electrons. The molecule has 0 spiro atoms. The van der Waals surface area contributed by atoms with Crippen molar-refractivity contribution in [3.05, 3.63) is 29.6 Å². The summed E-state index contributed by atoms with van der Waals surface area (Å²) >= 11 is 0. The normalized spacial score (nSPS) is 19.0. The third-order valence-electron chi connectivity index (χ3n) is 2.98. The number of carbonyl (C=O) groups is 1. The molecule has 0 saturated carbocycles. The van der Waals surface area contributed by atoms with Crippen LogP contribution in [0.1, 0.15) is 24.8 Å². The minimum atomic E-state index is -0.578. The van der Waals surface area contributed by atoms with Crippen LogP contribution in [0.25, 0.3) is 0 Å². The number of rotatable bonds is 2. The number of hydrogen-bond acceptors (Lipinski definition) is 3. The number of nitriles is 1. The summed E-state index contributed by atoms with van der Waals surface area (Å²) in [6, 6.07) is 5.53. The SMILES string of the molecule is N#Cc1cc(NC(=O)[C@H]2CCCCN2)ccc1F. The first-order valence-corrected chi connectivity index (χ1v) is 5.94. The molecular formula is C13H14FN3O. The quantitative estimate of drug-likeness (QED) is 0.837. The highest BCUT2D eigenvalue weighted by Gasteiger charge is 2.20. The number of anilines is 1. The number of carbonyl (C=O) groups excluding carboxylic acids is 1. The average molecular weight is 247 g/mol. The van der Waals surface area contributed by atoms with Crippen LogP contribution in [-0.2, 0) is 4.79 Å². The molecule has 1 amide bonds. The van der Waals surface area contributed by atoms with E-state index < -0.39 is 5.82 Å². The van der Waals surface area contributed by atoms with Crippen LogP contribution in [0, 0.1) is 17.1 Å². The van der Waals surface area contributed by atoms with Gasteiger partial charge in [0.1, 0.15) is 11.9 Å². The van der Waals surface area contributed by atoms with Crippen molar-refractivity contribution in [3.63, 3.8) is 0 Å². The largest absolute Gasteiger partial charge is 0.325 e. The van der Waals surface area contributed by atoms with E-state index in [0.29, 0.717) is 5.69 Å². The summed E-state index contributed by atoms with van der Waals surface area (Å²) in [6.45, 7) is 0.838. The highest BCUT2D eigenvalue weighted by molar-refractivity contribution is 5.95. The second kappa shape index (κ2) is 5.61. The second-order valence-corrected chi connectivity index (χ2v) is 4.30. The Morgan fingerprint density at radius 1 is 1.50 bits per heavy atom. The van der Waals surface area contributed by atoms with Crippen LogP contribution in [0.5, 0.6) is 0 Å². The Labute approximate surface area is 105 Å². The third kappa shape index (κ3) is 2.84. The van der Waals surface area contributed by atoms with Gasteiger partial charge in [-0.05, 0) is 37.6 Å². The molecule has 1 aromatic rings.